The van der Waals surface area contributed by atoms with Crippen LogP contribution in [0.3, 0.4) is 0 Å². The minimum atomic E-state index is -1.35. The standard InChI is InChI=1S/C20H19Cl2FN2O4/c1-11(26)24-17(9-12-5-2-3-8-16(12)23)19(27)25-18(20(28)29)10-13-14(21)6-4-7-15(13)22/h2-8,17-18H,9-10H2,1H3,(H,24,26)(H,25,27)(H,28,29)/t17-,18-/m0/s1. The summed E-state index contributed by atoms with van der Waals surface area (Å²) in [4.78, 5) is 35.9. The quantitative estimate of drug-likeness (QED) is 0.587. The average molecular weight is 441 g/mol. The Bertz CT molecular complexity index is 903. The van der Waals surface area contributed by atoms with Crippen LogP contribution in [0.5, 0.6) is 0 Å². The molecule has 0 bridgehead atoms. The Hall–Kier alpha value is -2.64. The lowest BCUT2D eigenvalue weighted by Gasteiger charge is -2.22. The number of carbonyl (C=O) groups is 3. The molecule has 0 heterocycles. The fraction of sp³-hybridized carbons (Fsp3) is 0.250. The Morgan fingerprint density at radius 3 is 2.14 bits per heavy atom. The van der Waals surface area contributed by atoms with Crippen LogP contribution in [0.15, 0.2) is 42.5 Å². The molecule has 0 spiro atoms. The molecular weight excluding hydrogens is 422 g/mol. The summed E-state index contributed by atoms with van der Waals surface area (Å²) in [6.07, 6.45) is -0.302. The van der Waals surface area contributed by atoms with Gasteiger partial charge in [0.15, 0.2) is 0 Å². The van der Waals surface area contributed by atoms with Crippen molar-refractivity contribution in [2.75, 3.05) is 0 Å². The monoisotopic (exact) mass is 440 g/mol. The van der Waals surface area contributed by atoms with Crippen LogP contribution in [0.25, 0.3) is 0 Å². The summed E-state index contributed by atoms with van der Waals surface area (Å²) in [5, 5.41) is 14.8. The highest BCUT2D eigenvalue weighted by Crippen LogP contribution is 2.25. The predicted octanol–water partition coefficient (Wildman–Crippen LogP) is 2.99. The summed E-state index contributed by atoms with van der Waals surface area (Å²) in [6.45, 7) is 1.21. The van der Waals surface area contributed by atoms with Gasteiger partial charge in [-0.2, -0.15) is 0 Å². The van der Waals surface area contributed by atoms with Crippen LogP contribution in [-0.2, 0) is 27.2 Å². The Kier molecular flexibility index (Phi) is 7.99. The highest BCUT2D eigenvalue weighted by Gasteiger charge is 2.28. The molecule has 0 aromatic heterocycles. The summed E-state index contributed by atoms with van der Waals surface area (Å²) >= 11 is 12.2. The largest absolute Gasteiger partial charge is 0.480 e. The molecule has 2 aromatic carbocycles. The molecule has 0 saturated heterocycles. The molecule has 2 aromatic rings. The van der Waals surface area contributed by atoms with Gasteiger partial charge in [0.05, 0.1) is 0 Å². The van der Waals surface area contributed by atoms with Gasteiger partial charge in [-0.15, -0.1) is 0 Å². The third-order valence-corrected chi connectivity index (χ3v) is 4.87. The predicted molar refractivity (Wildman–Crippen MR) is 107 cm³/mol. The topological polar surface area (TPSA) is 95.5 Å². The number of carboxylic acids is 1. The molecule has 0 radical (unpaired) electrons. The summed E-state index contributed by atoms with van der Waals surface area (Å²) in [7, 11) is 0. The summed E-state index contributed by atoms with van der Waals surface area (Å²) < 4.78 is 14.0. The van der Waals surface area contributed by atoms with Crippen LogP contribution < -0.4 is 10.6 Å². The third-order valence-electron chi connectivity index (χ3n) is 4.16. The molecule has 0 aliphatic carbocycles. The Labute approximate surface area is 177 Å². The van der Waals surface area contributed by atoms with Gasteiger partial charge in [0, 0.05) is 29.8 Å². The first-order valence-electron chi connectivity index (χ1n) is 8.65. The van der Waals surface area contributed by atoms with E-state index in [4.69, 9.17) is 23.2 Å². The Morgan fingerprint density at radius 1 is 0.966 bits per heavy atom. The maximum atomic E-state index is 14.0. The third kappa shape index (κ3) is 6.44. The Balaban J connectivity index is 2.21. The second kappa shape index (κ2) is 10.2. The molecular formula is C20H19Cl2FN2O4. The van der Waals surface area contributed by atoms with Crippen molar-refractivity contribution in [1.29, 1.82) is 0 Å². The first-order chi connectivity index (χ1) is 13.7. The molecule has 0 saturated carbocycles. The van der Waals surface area contributed by atoms with Crippen LogP contribution in [0.2, 0.25) is 10.0 Å². The molecule has 2 atom stereocenters. The number of hydrogen-bond acceptors (Lipinski definition) is 3. The van der Waals surface area contributed by atoms with Gasteiger partial charge in [0.1, 0.15) is 17.9 Å². The number of rotatable bonds is 8. The number of aliphatic carboxylic acids is 1. The zero-order chi connectivity index (χ0) is 21.6. The molecule has 0 aliphatic rings. The van der Waals surface area contributed by atoms with E-state index in [0.717, 1.165) is 0 Å². The van der Waals surface area contributed by atoms with E-state index < -0.39 is 35.7 Å². The maximum Gasteiger partial charge on any atom is 0.326 e. The van der Waals surface area contributed by atoms with E-state index in [1.165, 1.54) is 25.1 Å². The van der Waals surface area contributed by atoms with Gasteiger partial charge in [0.25, 0.3) is 0 Å². The molecule has 2 amide bonds. The number of benzene rings is 2. The van der Waals surface area contributed by atoms with Crippen molar-refractivity contribution in [3.8, 4) is 0 Å². The smallest absolute Gasteiger partial charge is 0.326 e. The van der Waals surface area contributed by atoms with E-state index in [-0.39, 0.29) is 28.5 Å². The van der Waals surface area contributed by atoms with Gasteiger partial charge in [-0.05, 0) is 29.3 Å². The molecule has 29 heavy (non-hydrogen) atoms. The van der Waals surface area contributed by atoms with Crippen molar-refractivity contribution in [1.82, 2.24) is 10.6 Å². The Morgan fingerprint density at radius 2 is 1.59 bits per heavy atom. The minimum absolute atomic E-state index is 0.142. The van der Waals surface area contributed by atoms with Gasteiger partial charge >= 0.3 is 5.97 Å². The highest BCUT2D eigenvalue weighted by molar-refractivity contribution is 6.36. The van der Waals surface area contributed by atoms with E-state index >= 15 is 0 Å². The number of hydrogen-bond donors (Lipinski definition) is 3. The average Bonchev–Trinajstić information content (AvgIpc) is 2.64. The lowest BCUT2D eigenvalue weighted by molar-refractivity contribution is -0.142. The highest BCUT2D eigenvalue weighted by atomic mass is 35.5. The van der Waals surface area contributed by atoms with E-state index in [2.05, 4.69) is 10.6 Å². The number of carboxylic acid groups (broad SMARTS) is 1. The molecule has 3 N–H and O–H groups in total. The molecule has 0 fully saturated rings. The van der Waals surface area contributed by atoms with Crippen LogP contribution in [0.1, 0.15) is 18.1 Å². The number of carbonyl (C=O) groups excluding carboxylic acids is 2. The van der Waals surface area contributed by atoms with Crippen molar-refractivity contribution in [3.63, 3.8) is 0 Å². The maximum absolute atomic E-state index is 14.0. The summed E-state index contributed by atoms with van der Waals surface area (Å²) in [5.41, 5.74) is 0.580. The van der Waals surface area contributed by atoms with Gasteiger partial charge in [-0.1, -0.05) is 47.5 Å². The SMILES string of the molecule is CC(=O)N[C@@H](Cc1ccccc1F)C(=O)N[C@@H](Cc1c(Cl)cccc1Cl)C(=O)O. The van der Waals surface area contributed by atoms with Crippen LogP contribution in [0, 0.1) is 5.82 Å². The van der Waals surface area contributed by atoms with Crippen molar-refractivity contribution >= 4 is 41.0 Å². The van der Waals surface area contributed by atoms with E-state index in [0.29, 0.717) is 5.56 Å². The van der Waals surface area contributed by atoms with Crippen LogP contribution >= 0.6 is 23.2 Å². The van der Waals surface area contributed by atoms with E-state index in [1.54, 1.807) is 24.3 Å². The number of nitrogens with one attached hydrogen (secondary N) is 2. The summed E-state index contributed by atoms with van der Waals surface area (Å²) in [5.74, 6) is -3.11. The molecule has 154 valence electrons. The van der Waals surface area contributed by atoms with Crippen molar-refractivity contribution < 1.29 is 23.9 Å². The van der Waals surface area contributed by atoms with Gasteiger partial charge in [-0.3, -0.25) is 9.59 Å². The first kappa shape index (κ1) is 22.6. The zero-order valence-corrected chi connectivity index (χ0v) is 16.9. The molecule has 6 nitrogen and oxygen atoms in total. The minimum Gasteiger partial charge on any atom is -0.480 e. The molecule has 0 unspecified atom stereocenters. The second-order valence-corrected chi connectivity index (χ2v) is 7.17. The number of halogens is 3. The van der Waals surface area contributed by atoms with Crippen molar-refractivity contribution in [2.24, 2.45) is 0 Å². The second-order valence-electron chi connectivity index (χ2n) is 6.35. The van der Waals surface area contributed by atoms with Gasteiger partial charge in [0.2, 0.25) is 11.8 Å². The van der Waals surface area contributed by atoms with Crippen molar-refractivity contribution in [2.45, 2.75) is 31.8 Å². The molecule has 0 aliphatic heterocycles. The zero-order valence-electron chi connectivity index (χ0n) is 15.4. The first-order valence-corrected chi connectivity index (χ1v) is 9.41. The van der Waals surface area contributed by atoms with Crippen molar-refractivity contribution in [3.05, 3.63) is 69.5 Å². The molecule has 2 rings (SSSR count). The lowest BCUT2D eigenvalue weighted by Crippen LogP contribution is -2.52. The fourth-order valence-corrected chi connectivity index (χ4v) is 3.29. The summed E-state index contributed by atoms with van der Waals surface area (Å²) in [6, 6.07) is 8.03. The van der Waals surface area contributed by atoms with Gasteiger partial charge < -0.3 is 15.7 Å². The van der Waals surface area contributed by atoms with Gasteiger partial charge in [-0.25, -0.2) is 9.18 Å². The molecule has 9 heteroatoms. The fourth-order valence-electron chi connectivity index (χ4n) is 2.74. The van der Waals surface area contributed by atoms with E-state index in [9.17, 15) is 23.9 Å². The lowest BCUT2D eigenvalue weighted by atomic mass is 10.0. The van der Waals surface area contributed by atoms with E-state index in [1.807, 2.05) is 0 Å². The van der Waals surface area contributed by atoms with Crippen LogP contribution in [0.4, 0.5) is 4.39 Å². The normalized spacial score (nSPS) is 12.7. The van der Waals surface area contributed by atoms with Crippen LogP contribution in [-0.4, -0.2) is 35.0 Å². The number of amides is 2.